The van der Waals surface area contributed by atoms with E-state index in [2.05, 4.69) is 58.3 Å². The lowest BCUT2D eigenvalue weighted by molar-refractivity contribution is 0.0513. The fourth-order valence-corrected chi connectivity index (χ4v) is 4.47. The van der Waals surface area contributed by atoms with E-state index in [0.717, 1.165) is 50.9 Å². The molecule has 0 amide bonds. The third-order valence-electron chi connectivity index (χ3n) is 5.43. The van der Waals surface area contributed by atoms with Crippen molar-refractivity contribution in [3.63, 3.8) is 0 Å². The average Bonchev–Trinajstić information content (AvgIpc) is 3.14. The minimum Gasteiger partial charge on any atom is -0.494 e. The Kier molecular flexibility index (Phi) is 7.34. The predicted molar refractivity (Wildman–Crippen MR) is 117 cm³/mol. The van der Waals surface area contributed by atoms with Crippen molar-refractivity contribution < 1.29 is 9.47 Å². The van der Waals surface area contributed by atoms with E-state index in [1.165, 1.54) is 16.0 Å². The molecule has 0 unspecified atom stereocenters. The van der Waals surface area contributed by atoms with E-state index in [-0.39, 0.29) is 5.41 Å². The quantitative estimate of drug-likeness (QED) is 0.546. The maximum Gasteiger partial charge on any atom is 0.191 e. The summed E-state index contributed by atoms with van der Waals surface area (Å²) in [6, 6.07) is 10.7. The molecule has 6 heteroatoms. The minimum absolute atomic E-state index is 0.0411. The van der Waals surface area contributed by atoms with Crippen LogP contribution in [0.25, 0.3) is 0 Å². The van der Waals surface area contributed by atoms with E-state index in [4.69, 9.17) is 9.47 Å². The second-order valence-electron chi connectivity index (χ2n) is 7.16. The molecule has 2 N–H and O–H groups in total. The normalized spacial score (nSPS) is 16.6. The largest absolute Gasteiger partial charge is 0.494 e. The van der Waals surface area contributed by atoms with Crippen molar-refractivity contribution in [2.75, 3.05) is 33.4 Å². The average molecular weight is 402 g/mol. The molecule has 0 saturated carbocycles. The van der Waals surface area contributed by atoms with E-state index in [9.17, 15) is 0 Å². The van der Waals surface area contributed by atoms with E-state index in [1.807, 2.05) is 14.0 Å². The van der Waals surface area contributed by atoms with E-state index in [1.54, 1.807) is 11.3 Å². The van der Waals surface area contributed by atoms with Crippen LogP contribution in [0.2, 0.25) is 0 Å². The Labute approximate surface area is 172 Å². The Hall–Kier alpha value is -2.05. The van der Waals surface area contributed by atoms with Gasteiger partial charge in [0.05, 0.1) is 13.2 Å². The van der Waals surface area contributed by atoms with Gasteiger partial charge in [-0.1, -0.05) is 12.1 Å². The standard InChI is InChI=1S/C22H31N3O2S/c1-4-27-19-7-5-18(6-8-19)22(10-12-26-13-11-22)16-25-21(23-3)24-15-20-17(2)9-14-28-20/h5-9,14H,4,10-13,15-16H2,1-3H3,(H2,23,24,25). The fourth-order valence-electron chi connectivity index (χ4n) is 3.62. The molecule has 28 heavy (non-hydrogen) atoms. The summed E-state index contributed by atoms with van der Waals surface area (Å²) in [6.45, 7) is 8.03. The van der Waals surface area contributed by atoms with Crippen LogP contribution in [0.4, 0.5) is 0 Å². The summed E-state index contributed by atoms with van der Waals surface area (Å²) in [6.07, 6.45) is 1.99. The Morgan fingerprint density at radius 3 is 2.54 bits per heavy atom. The molecule has 2 aromatic rings. The first-order valence-corrected chi connectivity index (χ1v) is 10.8. The van der Waals surface area contributed by atoms with Crippen molar-refractivity contribution in [2.45, 2.75) is 38.6 Å². The molecule has 0 bridgehead atoms. The van der Waals surface area contributed by atoms with Crippen LogP contribution in [0, 0.1) is 6.92 Å². The van der Waals surface area contributed by atoms with Gasteiger partial charge in [-0.15, -0.1) is 11.3 Å². The number of thiophene rings is 1. The number of hydrogen-bond donors (Lipinski definition) is 2. The van der Waals surface area contributed by atoms with Crippen molar-refractivity contribution in [1.82, 2.24) is 10.6 Å². The number of aliphatic imine (C=N–C) groups is 1. The molecule has 1 aliphatic heterocycles. The molecule has 1 saturated heterocycles. The van der Waals surface area contributed by atoms with Gasteiger partial charge < -0.3 is 20.1 Å². The molecule has 152 valence electrons. The highest BCUT2D eigenvalue weighted by atomic mass is 32.1. The van der Waals surface area contributed by atoms with Crippen LogP contribution in [0.3, 0.4) is 0 Å². The highest BCUT2D eigenvalue weighted by Gasteiger charge is 2.34. The number of benzene rings is 1. The van der Waals surface area contributed by atoms with Crippen LogP contribution in [-0.4, -0.2) is 39.4 Å². The van der Waals surface area contributed by atoms with E-state index in [0.29, 0.717) is 6.61 Å². The third kappa shape index (κ3) is 5.06. The van der Waals surface area contributed by atoms with Crippen molar-refractivity contribution >= 4 is 17.3 Å². The fraction of sp³-hybridized carbons (Fsp3) is 0.500. The van der Waals surface area contributed by atoms with Crippen LogP contribution < -0.4 is 15.4 Å². The summed E-state index contributed by atoms with van der Waals surface area (Å²) in [7, 11) is 1.82. The number of rotatable bonds is 7. The van der Waals surface area contributed by atoms with E-state index < -0.39 is 0 Å². The first kappa shape index (κ1) is 20.7. The Morgan fingerprint density at radius 1 is 1.18 bits per heavy atom. The second-order valence-corrected chi connectivity index (χ2v) is 8.16. The molecule has 0 aliphatic carbocycles. The Balaban J connectivity index is 1.66. The summed E-state index contributed by atoms with van der Waals surface area (Å²) < 4.78 is 11.3. The summed E-state index contributed by atoms with van der Waals surface area (Å²) in [5.74, 6) is 1.76. The monoisotopic (exact) mass is 401 g/mol. The summed E-state index contributed by atoms with van der Waals surface area (Å²) >= 11 is 1.78. The van der Waals surface area contributed by atoms with Gasteiger partial charge in [-0.05, 0) is 61.4 Å². The number of nitrogens with zero attached hydrogens (tertiary/aromatic N) is 1. The molecule has 2 heterocycles. The van der Waals surface area contributed by atoms with Crippen molar-refractivity contribution in [3.8, 4) is 5.75 Å². The predicted octanol–water partition coefficient (Wildman–Crippen LogP) is 3.87. The molecule has 1 fully saturated rings. The molecule has 0 atom stereocenters. The maximum atomic E-state index is 5.65. The molecule has 3 rings (SSSR count). The lowest BCUT2D eigenvalue weighted by atomic mass is 9.74. The number of ether oxygens (including phenoxy) is 2. The Morgan fingerprint density at radius 2 is 1.93 bits per heavy atom. The summed E-state index contributed by atoms with van der Waals surface area (Å²) in [5, 5.41) is 9.13. The zero-order valence-electron chi connectivity index (χ0n) is 17.1. The molecule has 0 spiro atoms. The summed E-state index contributed by atoms with van der Waals surface area (Å²) in [5.41, 5.74) is 2.69. The van der Waals surface area contributed by atoms with Crippen LogP contribution in [-0.2, 0) is 16.7 Å². The molecule has 0 radical (unpaired) electrons. The van der Waals surface area contributed by atoms with Crippen LogP contribution in [0.5, 0.6) is 5.75 Å². The van der Waals surface area contributed by atoms with Gasteiger partial charge in [0.15, 0.2) is 5.96 Å². The minimum atomic E-state index is 0.0411. The van der Waals surface area contributed by atoms with Crippen LogP contribution in [0.1, 0.15) is 35.8 Å². The number of aryl methyl sites for hydroxylation is 1. The molecular formula is C22H31N3O2S. The summed E-state index contributed by atoms with van der Waals surface area (Å²) in [4.78, 5) is 5.76. The number of nitrogens with one attached hydrogen (secondary N) is 2. The highest BCUT2D eigenvalue weighted by Crippen LogP contribution is 2.35. The van der Waals surface area contributed by atoms with Crippen LogP contribution in [0.15, 0.2) is 40.7 Å². The SMILES string of the molecule is CCOc1ccc(C2(CNC(=NC)NCc3sccc3C)CCOCC2)cc1. The van der Waals surface area contributed by atoms with Gasteiger partial charge in [-0.2, -0.15) is 0 Å². The second kappa shape index (κ2) is 9.94. The lowest BCUT2D eigenvalue weighted by Crippen LogP contribution is -2.47. The topological polar surface area (TPSA) is 54.9 Å². The van der Waals surface area contributed by atoms with E-state index >= 15 is 0 Å². The molecule has 1 aliphatic rings. The van der Waals surface area contributed by atoms with Crippen LogP contribution >= 0.6 is 11.3 Å². The molecule has 1 aromatic carbocycles. The van der Waals surface area contributed by atoms with Crippen molar-refractivity contribution in [2.24, 2.45) is 4.99 Å². The highest BCUT2D eigenvalue weighted by molar-refractivity contribution is 7.10. The van der Waals surface area contributed by atoms with Crippen molar-refractivity contribution in [1.29, 1.82) is 0 Å². The maximum absolute atomic E-state index is 5.65. The van der Waals surface area contributed by atoms with Gasteiger partial charge in [-0.3, -0.25) is 4.99 Å². The molecular weight excluding hydrogens is 370 g/mol. The number of guanidine groups is 1. The van der Waals surface area contributed by atoms with Gasteiger partial charge in [-0.25, -0.2) is 0 Å². The first-order chi connectivity index (χ1) is 13.7. The van der Waals surface area contributed by atoms with Gasteiger partial charge in [0.1, 0.15) is 5.75 Å². The Bertz CT molecular complexity index is 764. The van der Waals surface area contributed by atoms with Gasteiger partial charge in [0, 0.05) is 37.1 Å². The first-order valence-electron chi connectivity index (χ1n) is 9.95. The van der Waals surface area contributed by atoms with Gasteiger partial charge >= 0.3 is 0 Å². The molecule has 5 nitrogen and oxygen atoms in total. The zero-order valence-corrected chi connectivity index (χ0v) is 17.9. The lowest BCUT2D eigenvalue weighted by Gasteiger charge is -2.38. The smallest absolute Gasteiger partial charge is 0.191 e. The number of hydrogen-bond acceptors (Lipinski definition) is 4. The van der Waals surface area contributed by atoms with Gasteiger partial charge in [0.2, 0.25) is 0 Å². The molecule has 1 aromatic heterocycles. The third-order valence-corrected chi connectivity index (χ3v) is 6.45. The zero-order chi connectivity index (χ0) is 19.8. The van der Waals surface area contributed by atoms with Gasteiger partial charge in [0.25, 0.3) is 0 Å². The van der Waals surface area contributed by atoms with Crippen molar-refractivity contribution in [3.05, 3.63) is 51.7 Å².